The third-order valence-corrected chi connectivity index (χ3v) is 5.92. The minimum absolute atomic E-state index is 0.233. The Balaban J connectivity index is 1.46. The molecule has 2 aromatic carbocycles. The summed E-state index contributed by atoms with van der Waals surface area (Å²) in [7, 11) is 1.38. The zero-order chi connectivity index (χ0) is 22.2. The first kappa shape index (κ1) is 20.2. The van der Waals surface area contributed by atoms with Crippen LogP contribution in [-0.4, -0.2) is 22.6 Å². The molecule has 6 heteroatoms. The van der Waals surface area contributed by atoms with Gasteiger partial charge in [-0.25, -0.2) is 14.2 Å². The topological polar surface area (TPSA) is 56.1 Å². The standard InChI is InChI=1S/C26H24FN3O2/c1-16-10-22(29-25-23(26(31)32-2)13-20(14-28-25)18-6-7-18)12-19-8-9-30(24(16)19)15-17-4-3-5-21(27)11-17/h3-5,8-14,18H,6-7,15H2,1-2H3,(H,28,29). The van der Waals surface area contributed by atoms with E-state index in [4.69, 9.17) is 4.74 Å². The normalized spacial score (nSPS) is 13.3. The van der Waals surface area contributed by atoms with Gasteiger partial charge < -0.3 is 14.6 Å². The van der Waals surface area contributed by atoms with Crippen LogP contribution in [0.5, 0.6) is 0 Å². The Kier molecular flexibility index (Phi) is 5.13. The van der Waals surface area contributed by atoms with Gasteiger partial charge in [0.25, 0.3) is 0 Å². The molecular weight excluding hydrogens is 405 g/mol. The highest BCUT2D eigenvalue weighted by Gasteiger charge is 2.26. The smallest absolute Gasteiger partial charge is 0.341 e. The fraction of sp³-hybridized carbons (Fsp3) is 0.231. The van der Waals surface area contributed by atoms with Crippen LogP contribution >= 0.6 is 0 Å². The summed E-state index contributed by atoms with van der Waals surface area (Å²) in [5.74, 6) is 0.348. The Hall–Kier alpha value is -3.67. The Labute approximate surface area is 185 Å². The van der Waals surface area contributed by atoms with E-state index in [-0.39, 0.29) is 5.82 Å². The van der Waals surface area contributed by atoms with Crippen LogP contribution in [0.25, 0.3) is 10.9 Å². The van der Waals surface area contributed by atoms with E-state index in [2.05, 4.69) is 14.9 Å². The van der Waals surface area contributed by atoms with Gasteiger partial charge in [0.05, 0.1) is 12.6 Å². The molecule has 0 amide bonds. The molecular formula is C26H24FN3O2. The van der Waals surface area contributed by atoms with Crippen LogP contribution in [-0.2, 0) is 11.3 Å². The Bertz CT molecular complexity index is 1320. The van der Waals surface area contributed by atoms with Gasteiger partial charge in [-0.2, -0.15) is 0 Å². The number of carbonyl (C=O) groups is 1. The second kappa shape index (κ2) is 8.11. The summed E-state index contributed by atoms with van der Waals surface area (Å²) in [5, 5.41) is 4.36. The first-order valence-electron chi connectivity index (χ1n) is 10.7. The predicted molar refractivity (Wildman–Crippen MR) is 123 cm³/mol. The lowest BCUT2D eigenvalue weighted by Crippen LogP contribution is -2.08. The molecule has 2 aromatic heterocycles. The number of methoxy groups -OCH3 is 1. The number of carbonyl (C=O) groups excluding carboxylic acids is 1. The summed E-state index contributed by atoms with van der Waals surface area (Å²) in [6.45, 7) is 2.63. The third kappa shape index (κ3) is 3.96. The highest BCUT2D eigenvalue weighted by molar-refractivity contribution is 5.96. The SMILES string of the molecule is COC(=O)c1cc(C2CC2)cnc1Nc1cc(C)c2c(ccn2Cc2cccc(F)c2)c1. The van der Waals surface area contributed by atoms with Crippen LogP contribution in [0.1, 0.15) is 45.8 Å². The molecule has 1 N–H and O–H groups in total. The number of hydrogen-bond acceptors (Lipinski definition) is 4. The van der Waals surface area contributed by atoms with Crippen LogP contribution in [0, 0.1) is 12.7 Å². The molecule has 0 atom stereocenters. The van der Waals surface area contributed by atoms with Gasteiger partial charge in [-0.15, -0.1) is 0 Å². The van der Waals surface area contributed by atoms with E-state index >= 15 is 0 Å². The van der Waals surface area contributed by atoms with Gasteiger partial charge in [0, 0.05) is 30.0 Å². The molecule has 1 aliphatic carbocycles. The van der Waals surface area contributed by atoms with Crippen molar-refractivity contribution in [2.75, 3.05) is 12.4 Å². The maximum atomic E-state index is 13.6. The van der Waals surface area contributed by atoms with Crippen molar-refractivity contribution in [3.05, 3.63) is 89.0 Å². The lowest BCUT2D eigenvalue weighted by molar-refractivity contribution is 0.0601. The minimum atomic E-state index is -0.401. The summed E-state index contributed by atoms with van der Waals surface area (Å²) < 4.78 is 20.7. The third-order valence-electron chi connectivity index (χ3n) is 5.92. The molecule has 1 saturated carbocycles. The van der Waals surface area contributed by atoms with Gasteiger partial charge in [-0.1, -0.05) is 12.1 Å². The van der Waals surface area contributed by atoms with Crippen molar-refractivity contribution >= 4 is 28.4 Å². The molecule has 0 aliphatic heterocycles. The number of pyridine rings is 1. The number of aryl methyl sites for hydroxylation is 1. The van der Waals surface area contributed by atoms with Crippen LogP contribution in [0.4, 0.5) is 15.9 Å². The molecule has 32 heavy (non-hydrogen) atoms. The van der Waals surface area contributed by atoms with Gasteiger partial charge >= 0.3 is 5.97 Å². The van der Waals surface area contributed by atoms with Crippen molar-refractivity contribution in [3.8, 4) is 0 Å². The Morgan fingerprint density at radius 2 is 2.06 bits per heavy atom. The molecule has 4 aromatic rings. The molecule has 2 heterocycles. The largest absolute Gasteiger partial charge is 0.465 e. The van der Waals surface area contributed by atoms with Gasteiger partial charge in [-0.05, 0) is 78.8 Å². The summed E-state index contributed by atoms with van der Waals surface area (Å²) in [6.07, 6.45) is 6.12. The Morgan fingerprint density at radius 3 is 2.81 bits per heavy atom. The summed E-state index contributed by atoms with van der Waals surface area (Å²) >= 11 is 0. The van der Waals surface area contributed by atoms with Crippen molar-refractivity contribution in [2.24, 2.45) is 0 Å². The van der Waals surface area contributed by atoms with Crippen LogP contribution < -0.4 is 5.32 Å². The van der Waals surface area contributed by atoms with Crippen molar-refractivity contribution in [2.45, 2.75) is 32.2 Å². The number of fused-ring (bicyclic) bond motifs is 1. The predicted octanol–water partition coefficient (Wildman–Crippen LogP) is 5.94. The molecule has 5 rings (SSSR count). The van der Waals surface area contributed by atoms with E-state index in [1.54, 1.807) is 12.1 Å². The minimum Gasteiger partial charge on any atom is -0.465 e. The molecule has 0 radical (unpaired) electrons. The second-order valence-corrected chi connectivity index (χ2v) is 8.36. The molecule has 0 spiro atoms. The molecule has 162 valence electrons. The first-order valence-corrected chi connectivity index (χ1v) is 10.7. The number of ether oxygens (including phenoxy) is 1. The van der Waals surface area contributed by atoms with E-state index in [0.717, 1.165) is 46.1 Å². The number of nitrogens with zero attached hydrogens (tertiary/aromatic N) is 2. The van der Waals surface area contributed by atoms with Crippen LogP contribution in [0.3, 0.4) is 0 Å². The maximum Gasteiger partial charge on any atom is 0.341 e. The molecule has 0 bridgehead atoms. The van der Waals surface area contributed by atoms with Crippen LogP contribution in [0.15, 0.2) is 60.9 Å². The number of rotatable bonds is 6. The van der Waals surface area contributed by atoms with Gasteiger partial charge in [0.1, 0.15) is 17.2 Å². The number of halogens is 1. The zero-order valence-electron chi connectivity index (χ0n) is 18.1. The number of aromatic nitrogens is 2. The average Bonchev–Trinajstić information content (AvgIpc) is 3.55. The van der Waals surface area contributed by atoms with Crippen molar-refractivity contribution in [3.63, 3.8) is 0 Å². The average molecular weight is 429 g/mol. The second-order valence-electron chi connectivity index (χ2n) is 8.36. The van der Waals surface area contributed by atoms with Crippen LogP contribution in [0.2, 0.25) is 0 Å². The molecule has 1 aliphatic rings. The maximum absolute atomic E-state index is 13.6. The van der Waals surface area contributed by atoms with Gasteiger partial charge in [0.2, 0.25) is 0 Å². The van der Waals surface area contributed by atoms with Crippen molar-refractivity contribution < 1.29 is 13.9 Å². The first-order chi connectivity index (χ1) is 15.5. The number of anilines is 2. The number of nitrogens with one attached hydrogen (secondary N) is 1. The summed E-state index contributed by atoms with van der Waals surface area (Å²) in [4.78, 5) is 16.9. The quantitative estimate of drug-likeness (QED) is 0.386. The fourth-order valence-electron chi connectivity index (χ4n) is 4.23. The van der Waals surface area contributed by atoms with Crippen molar-refractivity contribution in [1.82, 2.24) is 9.55 Å². The van der Waals surface area contributed by atoms with E-state index in [9.17, 15) is 9.18 Å². The zero-order valence-corrected chi connectivity index (χ0v) is 18.1. The van der Waals surface area contributed by atoms with E-state index in [1.807, 2.05) is 49.6 Å². The highest BCUT2D eigenvalue weighted by Crippen LogP contribution is 2.40. The summed E-state index contributed by atoms with van der Waals surface area (Å²) in [5.41, 5.74) is 5.43. The van der Waals surface area contributed by atoms with E-state index in [0.29, 0.717) is 23.8 Å². The van der Waals surface area contributed by atoms with Gasteiger partial charge in [0.15, 0.2) is 0 Å². The highest BCUT2D eigenvalue weighted by atomic mass is 19.1. The number of esters is 1. The van der Waals surface area contributed by atoms with E-state index < -0.39 is 5.97 Å². The monoisotopic (exact) mass is 429 g/mol. The van der Waals surface area contributed by atoms with Gasteiger partial charge in [-0.3, -0.25) is 0 Å². The molecule has 0 unspecified atom stereocenters. The van der Waals surface area contributed by atoms with Crippen molar-refractivity contribution in [1.29, 1.82) is 0 Å². The lowest BCUT2D eigenvalue weighted by atomic mass is 10.1. The molecule has 5 nitrogen and oxygen atoms in total. The molecule has 1 fully saturated rings. The van der Waals surface area contributed by atoms with E-state index in [1.165, 1.54) is 13.2 Å². The number of hydrogen-bond donors (Lipinski definition) is 1. The summed E-state index contributed by atoms with van der Waals surface area (Å²) in [6, 6.07) is 14.6. The molecule has 0 saturated heterocycles. The Morgan fingerprint density at radius 1 is 1.22 bits per heavy atom. The number of benzene rings is 2. The fourth-order valence-corrected chi connectivity index (χ4v) is 4.23. The lowest BCUT2D eigenvalue weighted by Gasteiger charge is -2.13.